The SMILES string of the molecule is NC(=O)N(NC(=O)c1cccc(Br)c1)c1nc(-c2cccc([N+](=O)[O-])c2)cs1. The molecule has 0 aliphatic rings. The number of nitro groups is 1. The quantitative estimate of drug-likeness (QED) is 0.451. The molecule has 3 aromatic rings. The van der Waals surface area contributed by atoms with Crippen molar-refractivity contribution < 1.29 is 14.5 Å². The number of rotatable bonds is 4. The first kappa shape index (κ1) is 19.5. The Morgan fingerprint density at radius 1 is 1.21 bits per heavy atom. The number of carbonyl (C=O) groups is 2. The highest BCUT2D eigenvalue weighted by Gasteiger charge is 2.21. The number of anilines is 1. The lowest BCUT2D eigenvalue weighted by molar-refractivity contribution is -0.384. The van der Waals surface area contributed by atoms with Crippen LogP contribution in [-0.4, -0.2) is 21.8 Å². The normalized spacial score (nSPS) is 10.3. The van der Waals surface area contributed by atoms with Crippen molar-refractivity contribution in [3.8, 4) is 11.3 Å². The molecule has 0 saturated carbocycles. The number of nitro benzene ring substituents is 1. The Balaban J connectivity index is 1.86. The van der Waals surface area contributed by atoms with Crippen molar-refractivity contribution in [3.63, 3.8) is 0 Å². The van der Waals surface area contributed by atoms with Crippen LogP contribution in [-0.2, 0) is 0 Å². The second-order valence-electron chi connectivity index (χ2n) is 5.45. The van der Waals surface area contributed by atoms with Gasteiger partial charge in [-0.1, -0.05) is 34.1 Å². The Morgan fingerprint density at radius 2 is 1.96 bits per heavy atom. The van der Waals surface area contributed by atoms with Crippen LogP contribution in [0.15, 0.2) is 58.4 Å². The lowest BCUT2D eigenvalue weighted by Gasteiger charge is -2.18. The number of nitrogens with two attached hydrogens (primary N) is 1. The van der Waals surface area contributed by atoms with E-state index in [4.69, 9.17) is 5.73 Å². The fourth-order valence-corrected chi connectivity index (χ4v) is 3.47. The number of nitrogens with one attached hydrogen (secondary N) is 1. The highest BCUT2D eigenvalue weighted by Crippen LogP contribution is 2.29. The van der Waals surface area contributed by atoms with Crippen LogP contribution in [0.1, 0.15) is 10.4 Å². The first-order valence-electron chi connectivity index (χ1n) is 7.71. The van der Waals surface area contributed by atoms with Crippen molar-refractivity contribution in [1.82, 2.24) is 10.4 Å². The zero-order valence-electron chi connectivity index (χ0n) is 14.0. The third-order valence-electron chi connectivity index (χ3n) is 3.56. The molecular weight excluding hydrogens is 450 g/mol. The number of hydrogen-bond donors (Lipinski definition) is 2. The number of halogens is 1. The first-order chi connectivity index (χ1) is 13.3. The number of amides is 3. The van der Waals surface area contributed by atoms with Crippen molar-refractivity contribution in [2.45, 2.75) is 0 Å². The van der Waals surface area contributed by atoms with Gasteiger partial charge in [0, 0.05) is 33.1 Å². The molecule has 0 aliphatic heterocycles. The molecule has 28 heavy (non-hydrogen) atoms. The topological polar surface area (TPSA) is 131 Å². The molecule has 0 saturated heterocycles. The van der Waals surface area contributed by atoms with Gasteiger partial charge >= 0.3 is 6.03 Å². The van der Waals surface area contributed by atoms with Gasteiger partial charge in [-0.3, -0.25) is 20.3 Å². The summed E-state index contributed by atoms with van der Waals surface area (Å²) >= 11 is 4.33. The minimum absolute atomic E-state index is 0.0817. The van der Waals surface area contributed by atoms with Gasteiger partial charge in [-0.15, -0.1) is 11.3 Å². The zero-order chi connectivity index (χ0) is 20.3. The molecular formula is C17H12BrN5O4S. The van der Waals surface area contributed by atoms with E-state index in [0.29, 0.717) is 21.3 Å². The average Bonchev–Trinajstić information content (AvgIpc) is 3.15. The van der Waals surface area contributed by atoms with Crippen molar-refractivity contribution in [3.05, 3.63) is 74.1 Å². The molecule has 0 fully saturated rings. The van der Waals surface area contributed by atoms with Gasteiger partial charge in [0.1, 0.15) is 0 Å². The van der Waals surface area contributed by atoms with Crippen LogP contribution in [0.3, 0.4) is 0 Å². The van der Waals surface area contributed by atoms with Crippen molar-refractivity contribution in [1.29, 1.82) is 0 Å². The maximum Gasteiger partial charge on any atom is 0.340 e. The van der Waals surface area contributed by atoms with Crippen LogP contribution in [0.2, 0.25) is 0 Å². The molecule has 3 N–H and O–H groups in total. The van der Waals surface area contributed by atoms with Gasteiger partial charge in [-0.2, -0.15) is 5.01 Å². The summed E-state index contributed by atoms with van der Waals surface area (Å²) in [6, 6.07) is 11.6. The van der Waals surface area contributed by atoms with Crippen LogP contribution in [0.4, 0.5) is 15.6 Å². The van der Waals surface area contributed by atoms with Crippen LogP contribution in [0, 0.1) is 10.1 Å². The maximum atomic E-state index is 12.4. The number of aromatic nitrogens is 1. The molecule has 142 valence electrons. The summed E-state index contributed by atoms with van der Waals surface area (Å²) in [5, 5.41) is 13.5. The Labute approximate surface area is 171 Å². The van der Waals surface area contributed by atoms with Gasteiger partial charge in [-0.05, 0) is 18.2 Å². The smallest absolute Gasteiger partial charge is 0.340 e. The van der Waals surface area contributed by atoms with E-state index in [1.165, 1.54) is 18.2 Å². The molecule has 3 amide bonds. The molecule has 1 heterocycles. The Kier molecular flexibility index (Phi) is 5.66. The monoisotopic (exact) mass is 461 g/mol. The lowest BCUT2D eigenvalue weighted by atomic mass is 10.1. The predicted octanol–water partition coefficient (Wildman–Crippen LogP) is 3.71. The summed E-state index contributed by atoms with van der Waals surface area (Å²) in [7, 11) is 0. The molecule has 1 aromatic heterocycles. The third-order valence-corrected chi connectivity index (χ3v) is 4.88. The molecule has 2 aromatic carbocycles. The van der Waals surface area contributed by atoms with Gasteiger partial charge < -0.3 is 5.73 Å². The Bertz CT molecular complexity index is 1070. The van der Waals surface area contributed by atoms with E-state index in [0.717, 1.165) is 16.3 Å². The van der Waals surface area contributed by atoms with Crippen molar-refractivity contribution in [2.24, 2.45) is 5.73 Å². The number of urea groups is 1. The number of hydrazine groups is 1. The molecule has 9 nitrogen and oxygen atoms in total. The van der Waals surface area contributed by atoms with Crippen LogP contribution in [0.5, 0.6) is 0 Å². The summed E-state index contributed by atoms with van der Waals surface area (Å²) in [5.74, 6) is -0.549. The molecule has 3 rings (SSSR count). The molecule has 0 atom stereocenters. The molecule has 0 aliphatic carbocycles. The number of benzene rings is 2. The van der Waals surface area contributed by atoms with Gasteiger partial charge in [0.05, 0.1) is 10.6 Å². The summed E-state index contributed by atoms with van der Waals surface area (Å²) in [6.45, 7) is 0. The minimum Gasteiger partial charge on any atom is -0.350 e. The molecule has 11 heteroatoms. The molecule has 0 radical (unpaired) electrons. The lowest BCUT2D eigenvalue weighted by Crippen LogP contribution is -2.49. The number of thiazole rings is 1. The van der Waals surface area contributed by atoms with E-state index in [9.17, 15) is 19.7 Å². The van der Waals surface area contributed by atoms with E-state index >= 15 is 0 Å². The van der Waals surface area contributed by atoms with E-state index in [1.807, 2.05) is 0 Å². The highest BCUT2D eigenvalue weighted by molar-refractivity contribution is 9.10. The standard InChI is InChI=1S/C17H12BrN5O4S/c18-12-5-1-4-11(7-12)15(24)21-22(16(19)25)17-20-14(9-28-17)10-3-2-6-13(8-10)23(26)27/h1-9H,(H2,19,25)(H,21,24). The van der Waals surface area contributed by atoms with Gasteiger partial charge in [0.25, 0.3) is 11.6 Å². The average molecular weight is 462 g/mol. The number of carbonyl (C=O) groups excluding carboxylic acids is 2. The summed E-state index contributed by atoms with van der Waals surface area (Å²) in [6.07, 6.45) is 0. The molecule has 0 bridgehead atoms. The Morgan fingerprint density at radius 3 is 2.64 bits per heavy atom. The number of non-ortho nitro benzene ring substituents is 1. The third kappa shape index (κ3) is 4.32. The van der Waals surface area contributed by atoms with Crippen LogP contribution < -0.4 is 16.2 Å². The summed E-state index contributed by atoms with van der Waals surface area (Å²) < 4.78 is 0.702. The van der Waals surface area contributed by atoms with Gasteiger partial charge in [-0.25, -0.2) is 9.78 Å². The summed E-state index contributed by atoms with van der Waals surface area (Å²) in [4.78, 5) is 38.9. The maximum absolute atomic E-state index is 12.4. The van der Waals surface area contributed by atoms with E-state index in [2.05, 4.69) is 26.3 Å². The minimum atomic E-state index is -0.928. The molecule has 0 spiro atoms. The van der Waals surface area contributed by atoms with Crippen molar-refractivity contribution >= 4 is 50.0 Å². The van der Waals surface area contributed by atoms with E-state index in [-0.39, 0.29) is 10.8 Å². The van der Waals surface area contributed by atoms with Crippen LogP contribution in [0.25, 0.3) is 11.3 Å². The number of primary amides is 1. The fraction of sp³-hybridized carbons (Fsp3) is 0. The van der Waals surface area contributed by atoms with Crippen LogP contribution >= 0.6 is 27.3 Å². The number of hydrogen-bond acceptors (Lipinski definition) is 6. The highest BCUT2D eigenvalue weighted by atomic mass is 79.9. The first-order valence-corrected chi connectivity index (χ1v) is 9.39. The fourth-order valence-electron chi connectivity index (χ4n) is 2.27. The Hall–Kier alpha value is -3.31. The largest absolute Gasteiger partial charge is 0.350 e. The van der Waals surface area contributed by atoms with Gasteiger partial charge in [0.15, 0.2) is 0 Å². The molecule has 0 unspecified atom stereocenters. The van der Waals surface area contributed by atoms with E-state index in [1.54, 1.807) is 35.7 Å². The van der Waals surface area contributed by atoms with E-state index < -0.39 is 16.9 Å². The number of nitrogens with zero attached hydrogens (tertiary/aromatic N) is 3. The zero-order valence-corrected chi connectivity index (χ0v) is 16.4. The predicted molar refractivity (Wildman–Crippen MR) is 108 cm³/mol. The van der Waals surface area contributed by atoms with Gasteiger partial charge in [0.2, 0.25) is 5.13 Å². The van der Waals surface area contributed by atoms with Crippen molar-refractivity contribution in [2.75, 3.05) is 5.01 Å². The second kappa shape index (κ2) is 8.15. The second-order valence-corrected chi connectivity index (χ2v) is 7.20. The summed E-state index contributed by atoms with van der Waals surface area (Å²) in [5.41, 5.74) is 8.93.